The molecule has 0 aliphatic carbocycles. The number of anilines is 1. The minimum absolute atomic E-state index is 0.317. The molecule has 2 aromatic heterocycles. The largest absolute Gasteiger partial charge is 0.376 e. The molecule has 2 rings (SSSR count). The van der Waals surface area contributed by atoms with Gasteiger partial charge >= 0.3 is 0 Å². The van der Waals surface area contributed by atoms with Crippen molar-refractivity contribution in [3.63, 3.8) is 0 Å². The minimum Gasteiger partial charge on any atom is -0.376 e. The van der Waals surface area contributed by atoms with Crippen molar-refractivity contribution in [2.24, 2.45) is 0 Å². The molecule has 2 aromatic rings. The summed E-state index contributed by atoms with van der Waals surface area (Å²) in [4.78, 5) is 7.20. The van der Waals surface area contributed by atoms with Gasteiger partial charge < -0.3 is 5.32 Å². The number of halogens is 1. The summed E-state index contributed by atoms with van der Waals surface area (Å²) < 4.78 is 0.877. The Kier molecular flexibility index (Phi) is 4.40. The van der Waals surface area contributed by atoms with Crippen LogP contribution in [0.4, 0.5) is 5.69 Å². The number of hydrogen-bond donors (Lipinski definition) is 1. The van der Waals surface area contributed by atoms with Crippen LogP contribution < -0.4 is 5.32 Å². The highest BCUT2D eigenvalue weighted by atomic mass is 79.9. The van der Waals surface area contributed by atoms with E-state index in [1.54, 1.807) is 0 Å². The fourth-order valence-corrected chi connectivity index (χ4v) is 3.16. The molecule has 1 N–H and O–H groups in total. The van der Waals surface area contributed by atoms with E-state index in [9.17, 15) is 0 Å². The quantitative estimate of drug-likeness (QED) is 0.805. The molecule has 2 nitrogen and oxygen atoms in total. The highest BCUT2D eigenvalue weighted by molar-refractivity contribution is 9.10. The Labute approximate surface area is 121 Å². The van der Waals surface area contributed by atoms with Crippen LogP contribution in [0.3, 0.4) is 0 Å². The molecule has 0 bridgehead atoms. The summed E-state index contributed by atoms with van der Waals surface area (Å²) in [6.45, 7) is 6.40. The Bertz CT molecular complexity index is 536. The summed E-state index contributed by atoms with van der Waals surface area (Å²) in [5.41, 5.74) is 2.11. The molecule has 4 heteroatoms. The van der Waals surface area contributed by atoms with Gasteiger partial charge in [0.15, 0.2) is 0 Å². The van der Waals surface area contributed by atoms with E-state index >= 15 is 0 Å². The maximum Gasteiger partial charge on any atom is 0.106 e. The molecule has 1 unspecified atom stereocenters. The smallest absolute Gasteiger partial charge is 0.106 e. The van der Waals surface area contributed by atoms with Gasteiger partial charge in [0.2, 0.25) is 0 Å². The summed E-state index contributed by atoms with van der Waals surface area (Å²) >= 11 is 5.26. The number of thiophene rings is 1. The van der Waals surface area contributed by atoms with Crippen molar-refractivity contribution in [2.75, 3.05) is 5.32 Å². The monoisotopic (exact) mass is 324 g/mol. The maximum atomic E-state index is 4.40. The van der Waals surface area contributed by atoms with Crippen LogP contribution in [0.5, 0.6) is 0 Å². The van der Waals surface area contributed by atoms with Crippen molar-refractivity contribution in [3.05, 3.63) is 44.3 Å². The highest BCUT2D eigenvalue weighted by Crippen LogP contribution is 2.27. The molecule has 0 aromatic carbocycles. The summed E-state index contributed by atoms with van der Waals surface area (Å²) in [5, 5.41) is 3.52. The fourth-order valence-electron chi connectivity index (χ4n) is 1.80. The van der Waals surface area contributed by atoms with E-state index in [2.05, 4.69) is 58.3 Å². The summed E-state index contributed by atoms with van der Waals surface area (Å²) in [6.07, 6.45) is 1.11. The minimum atomic E-state index is 0.317. The first-order chi connectivity index (χ1) is 8.60. The average Bonchev–Trinajstić information content (AvgIpc) is 2.81. The SMILES string of the molecule is CCc1ccc(C(C)Nc2ccc(Br)nc2C)s1. The number of aryl methyl sites for hydroxylation is 2. The second-order valence-electron chi connectivity index (χ2n) is 4.29. The molecule has 0 fully saturated rings. The number of rotatable bonds is 4. The normalized spacial score (nSPS) is 12.4. The molecule has 96 valence electrons. The van der Waals surface area contributed by atoms with E-state index in [-0.39, 0.29) is 0 Å². The second-order valence-corrected chi connectivity index (χ2v) is 6.30. The number of hydrogen-bond acceptors (Lipinski definition) is 3. The van der Waals surface area contributed by atoms with Crippen LogP contribution in [0, 0.1) is 6.92 Å². The Hall–Kier alpha value is -0.870. The van der Waals surface area contributed by atoms with Gasteiger partial charge in [-0.1, -0.05) is 6.92 Å². The molecule has 0 saturated carbocycles. The van der Waals surface area contributed by atoms with Crippen molar-refractivity contribution in [3.8, 4) is 0 Å². The predicted octanol–water partition coefficient (Wildman–Crippen LogP) is 4.95. The molecule has 0 aliphatic heterocycles. The van der Waals surface area contributed by atoms with Gasteiger partial charge in [-0.05, 0) is 60.5 Å². The number of nitrogens with one attached hydrogen (secondary N) is 1. The lowest BCUT2D eigenvalue weighted by molar-refractivity contribution is 0.900. The zero-order chi connectivity index (χ0) is 13.1. The second kappa shape index (κ2) is 5.85. The van der Waals surface area contributed by atoms with Crippen LogP contribution in [0.15, 0.2) is 28.9 Å². The third kappa shape index (κ3) is 3.12. The lowest BCUT2D eigenvalue weighted by Gasteiger charge is -2.15. The number of aromatic nitrogens is 1. The molecule has 0 saturated heterocycles. The Morgan fingerprint density at radius 2 is 2.11 bits per heavy atom. The van der Waals surface area contributed by atoms with Crippen LogP contribution in [0.2, 0.25) is 0 Å². The van der Waals surface area contributed by atoms with Crippen molar-refractivity contribution in [2.45, 2.75) is 33.2 Å². The number of nitrogens with zero attached hydrogens (tertiary/aromatic N) is 1. The number of pyridine rings is 1. The maximum absolute atomic E-state index is 4.40. The van der Waals surface area contributed by atoms with Crippen LogP contribution in [0.1, 0.15) is 35.3 Å². The Balaban J connectivity index is 2.13. The van der Waals surface area contributed by atoms with Crippen molar-refractivity contribution in [1.29, 1.82) is 0 Å². The van der Waals surface area contributed by atoms with E-state index in [1.165, 1.54) is 9.75 Å². The third-order valence-electron chi connectivity index (χ3n) is 2.88. The Morgan fingerprint density at radius 1 is 1.33 bits per heavy atom. The van der Waals surface area contributed by atoms with Gasteiger partial charge in [0, 0.05) is 9.75 Å². The van der Waals surface area contributed by atoms with Gasteiger partial charge in [0.05, 0.1) is 17.4 Å². The van der Waals surface area contributed by atoms with Gasteiger partial charge in [-0.15, -0.1) is 11.3 Å². The molecular weight excluding hydrogens is 308 g/mol. The molecule has 18 heavy (non-hydrogen) atoms. The first-order valence-corrected chi connectivity index (χ1v) is 7.69. The summed E-state index contributed by atoms with van der Waals surface area (Å²) in [5.74, 6) is 0. The summed E-state index contributed by atoms with van der Waals surface area (Å²) in [6, 6.07) is 8.77. The first kappa shape index (κ1) is 13.6. The zero-order valence-corrected chi connectivity index (χ0v) is 13.2. The van der Waals surface area contributed by atoms with E-state index in [1.807, 2.05) is 24.3 Å². The molecule has 0 amide bonds. The van der Waals surface area contributed by atoms with Gasteiger partial charge in [-0.25, -0.2) is 4.98 Å². The van der Waals surface area contributed by atoms with Crippen molar-refractivity contribution < 1.29 is 0 Å². The molecule has 1 atom stereocenters. The van der Waals surface area contributed by atoms with Gasteiger partial charge in [-0.2, -0.15) is 0 Å². The average molecular weight is 325 g/mol. The topological polar surface area (TPSA) is 24.9 Å². The molecule has 2 heterocycles. The molecule has 0 radical (unpaired) electrons. The third-order valence-corrected chi connectivity index (χ3v) is 4.74. The van der Waals surface area contributed by atoms with E-state index in [0.29, 0.717) is 6.04 Å². The lowest BCUT2D eigenvalue weighted by Crippen LogP contribution is -2.06. The van der Waals surface area contributed by atoms with Crippen molar-refractivity contribution in [1.82, 2.24) is 4.98 Å². The van der Waals surface area contributed by atoms with Crippen LogP contribution in [-0.4, -0.2) is 4.98 Å². The van der Waals surface area contributed by atoms with E-state index < -0.39 is 0 Å². The highest BCUT2D eigenvalue weighted by Gasteiger charge is 2.10. The van der Waals surface area contributed by atoms with E-state index in [4.69, 9.17) is 0 Å². The van der Waals surface area contributed by atoms with Gasteiger partial charge in [0.25, 0.3) is 0 Å². The van der Waals surface area contributed by atoms with Crippen molar-refractivity contribution >= 4 is 33.0 Å². The first-order valence-electron chi connectivity index (χ1n) is 6.08. The van der Waals surface area contributed by atoms with Crippen LogP contribution >= 0.6 is 27.3 Å². The molecule has 0 aliphatic rings. The summed E-state index contributed by atoms with van der Waals surface area (Å²) in [7, 11) is 0. The lowest BCUT2D eigenvalue weighted by atomic mass is 10.2. The fraction of sp³-hybridized carbons (Fsp3) is 0.357. The standard InChI is InChI=1S/C14H17BrN2S/c1-4-11-5-7-13(18-11)10(3)16-12-6-8-14(15)17-9(12)2/h5-8,10,16H,4H2,1-3H3. The molecular formula is C14H17BrN2S. The van der Waals surface area contributed by atoms with Crippen LogP contribution in [-0.2, 0) is 6.42 Å². The Morgan fingerprint density at radius 3 is 2.72 bits per heavy atom. The molecule has 0 spiro atoms. The zero-order valence-electron chi connectivity index (χ0n) is 10.8. The van der Waals surface area contributed by atoms with Gasteiger partial charge in [-0.3, -0.25) is 0 Å². The van der Waals surface area contributed by atoms with Crippen LogP contribution in [0.25, 0.3) is 0 Å². The predicted molar refractivity (Wildman–Crippen MR) is 82.4 cm³/mol. The van der Waals surface area contributed by atoms with Gasteiger partial charge in [0.1, 0.15) is 4.60 Å². The van der Waals surface area contributed by atoms with E-state index in [0.717, 1.165) is 22.4 Å².